The summed E-state index contributed by atoms with van der Waals surface area (Å²) in [7, 11) is 0. The van der Waals surface area contributed by atoms with Crippen molar-refractivity contribution in [3.05, 3.63) is 42.2 Å². The van der Waals surface area contributed by atoms with Crippen LogP contribution in [0.2, 0.25) is 0 Å². The molecule has 0 amide bonds. The number of hydrogen-bond donors (Lipinski definition) is 1. The fourth-order valence-corrected chi connectivity index (χ4v) is 1.26. The Morgan fingerprint density at radius 1 is 1.17 bits per heavy atom. The topological polar surface area (TPSA) is 24.3 Å². The largest absolute Gasteiger partial charge is 0.502 e. The van der Waals surface area contributed by atoms with Gasteiger partial charge in [-0.3, -0.25) is 0 Å². The minimum absolute atomic E-state index is 0.359. The molecule has 2 aromatic rings. The minimum atomic E-state index is 0.359. The Morgan fingerprint density at radius 2 is 2.00 bits per heavy atom. The van der Waals surface area contributed by atoms with E-state index in [0.29, 0.717) is 5.75 Å². The maximum absolute atomic E-state index is 9.64. The van der Waals surface area contributed by atoms with Crippen molar-refractivity contribution >= 4 is 5.52 Å². The molecule has 0 aliphatic rings. The third-order valence-electron chi connectivity index (χ3n) is 1.99. The van der Waals surface area contributed by atoms with E-state index >= 15 is 0 Å². The second-order valence-electron chi connectivity index (χ2n) is 2.84. The zero-order valence-electron chi connectivity index (χ0n) is 6.86. The second-order valence-corrected chi connectivity index (χ2v) is 2.84. The van der Waals surface area contributed by atoms with Crippen LogP contribution >= 0.6 is 0 Å². The molecular formula is C10H10NO+. The van der Waals surface area contributed by atoms with Crippen LogP contribution in [0.15, 0.2) is 36.7 Å². The maximum atomic E-state index is 9.64. The van der Waals surface area contributed by atoms with E-state index in [1.54, 1.807) is 0 Å². The number of pyridine rings is 2. The van der Waals surface area contributed by atoms with Crippen LogP contribution in [0.25, 0.3) is 5.52 Å². The average molecular weight is 160 g/mol. The van der Waals surface area contributed by atoms with Gasteiger partial charge in [0.15, 0.2) is 18.1 Å². The summed E-state index contributed by atoms with van der Waals surface area (Å²) >= 11 is 0. The van der Waals surface area contributed by atoms with Gasteiger partial charge in [-0.2, -0.15) is 4.40 Å². The zero-order chi connectivity index (χ0) is 8.55. The molecule has 0 bridgehead atoms. The number of fused-ring (bicyclic) bond motifs is 1. The van der Waals surface area contributed by atoms with Gasteiger partial charge in [-0.05, 0) is 13.0 Å². The van der Waals surface area contributed by atoms with Gasteiger partial charge in [0.1, 0.15) is 0 Å². The first kappa shape index (κ1) is 7.10. The van der Waals surface area contributed by atoms with Crippen molar-refractivity contribution < 1.29 is 9.51 Å². The third kappa shape index (κ3) is 0.925. The summed E-state index contributed by atoms with van der Waals surface area (Å²) in [4.78, 5) is 0. The predicted molar refractivity (Wildman–Crippen MR) is 46.0 cm³/mol. The van der Waals surface area contributed by atoms with Gasteiger partial charge >= 0.3 is 0 Å². The van der Waals surface area contributed by atoms with Crippen LogP contribution in [-0.2, 0) is 0 Å². The fraction of sp³-hybridized carbons (Fsp3) is 0.100. The summed E-state index contributed by atoms with van der Waals surface area (Å²) in [6.45, 7) is 1.89. The van der Waals surface area contributed by atoms with Crippen molar-refractivity contribution in [2.24, 2.45) is 0 Å². The van der Waals surface area contributed by atoms with Gasteiger partial charge in [-0.25, -0.2) is 0 Å². The van der Waals surface area contributed by atoms with Crippen LogP contribution in [0.1, 0.15) is 5.56 Å². The standard InChI is InChI=1S/C10H9NO/c1-8-5-7-11-6-3-2-4-9(11)10(8)12/h2-7H,1H3/p+1. The molecule has 0 atom stereocenters. The zero-order valence-corrected chi connectivity index (χ0v) is 6.86. The van der Waals surface area contributed by atoms with E-state index in [-0.39, 0.29) is 0 Å². The molecule has 2 nitrogen and oxygen atoms in total. The van der Waals surface area contributed by atoms with E-state index in [4.69, 9.17) is 0 Å². The molecule has 2 rings (SSSR count). The Hall–Kier alpha value is -1.57. The Kier molecular flexibility index (Phi) is 1.47. The number of aromatic nitrogens is 1. The molecule has 0 aliphatic carbocycles. The molecule has 60 valence electrons. The highest BCUT2D eigenvalue weighted by Gasteiger charge is 2.07. The van der Waals surface area contributed by atoms with Crippen molar-refractivity contribution in [2.45, 2.75) is 6.92 Å². The first-order valence-corrected chi connectivity index (χ1v) is 3.87. The van der Waals surface area contributed by atoms with Gasteiger partial charge in [0.2, 0.25) is 0 Å². The number of aromatic hydroxyl groups is 1. The Bertz CT molecular complexity index is 423. The van der Waals surface area contributed by atoms with E-state index in [1.807, 2.05) is 48.0 Å². The molecule has 2 aromatic heterocycles. The summed E-state index contributed by atoms with van der Waals surface area (Å²) in [6, 6.07) is 7.63. The van der Waals surface area contributed by atoms with Crippen LogP contribution < -0.4 is 4.40 Å². The number of aryl methyl sites for hydroxylation is 1. The molecule has 0 unspecified atom stereocenters. The Morgan fingerprint density at radius 3 is 2.83 bits per heavy atom. The molecule has 0 radical (unpaired) electrons. The van der Waals surface area contributed by atoms with E-state index in [2.05, 4.69) is 0 Å². The molecule has 1 N–H and O–H groups in total. The molecular weight excluding hydrogens is 150 g/mol. The highest BCUT2D eigenvalue weighted by Crippen LogP contribution is 2.17. The molecule has 12 heavy (non-hydrogen) atoms. The monoisotopic (exact) mass is 160 g/mol. The van der Waals surface area contributed by atoms with Crippen LogP contribution in [0.5, 0.6) is 5.75 Å². The van der Waals surface area contributed by atoms with Gasteiger partial charge in [-0.15, -0.1) is 0 Å². The number of hydrogen-bond acceptors (Lipinski definition) is 1. The predicted octanol–water partition coefficient (Wildman–Crippen LogP) is 1.44. The van der Waals surface area contributed by atoms with Crippen molar-refractivity contribution in [3.8, 4) is 5.75 Å². The van der Waals surface area contributed by atoms with Crippen LogP contribution in [0.3, 0.4) is 0 Å². The number of rotatable bonds is 0. The van der Waals surface area contributed by atoms with Crippen molar-refractivity contribution in [2.75, 3.05) is 0 Å². The lowest BCUT2D eigenvalue weighted by Crippen LogP contribution is -2.19. The second kappa shape index (κ2) is 2.48. The maximum Gasteiger partial charge on any atom is 0.252 e. The van der Waals surface area contributed by atoms with Crippen LogP contribution in [0.4, 0.5) is 0 Å². The van der Waals surface area contributed by atoms with Crippen molar-refractivity contribution in [1.82, 2.24) is 0 Å². The minimum Gasteiger partial charge on any atom is -0.502 e. The molecule has 0 aliphatic heterocycles. The van der Waals surface area contributed by atoms with E-state index in [1.165, 1.54) is 0 Å². The molecule has 0 fully saturated rings. The lowest BCUT2D eigenvalue weighted by Gasteiger charge is -1.96. The van der Waals surface area contributed by atoms with Gasteiger partial charge in [-0.1, -0.05) is 0 Å². The molecule has 0 saturated heterocycles. The Balaban J connectivity index is 2.91. The SMILES string of the molecule is Cc1cc[n+]2ccccc2c1O. The van der Waals surface area contributed by atoms with Crippen molar-refractivity contribution in [3.63, 3.8) is 0 Å². The van der Waals surface area contributed by atoms with Crippen molar-refractivity contribution in [1.29, 1.82) is 0 Å². The summed E-state index contributed by atoms with van der Waals surface area (Å²) < 4.78 is 1.89. The first-order chi connectivity index (χ1) is 5.79. The van der Waals surface area contributed by atoms with E-state index in [0.717, 1.165) is 11.1 Å². The summed E-state index contributed by atoms with van der Waals surface area (Å²) in [5.41, 5.74) is 1.75. The first-order valence-electron chi connectivity index (χ1n) is 3.87. The summed E-state index contributed by atoms with van der Waals surface area (Å²) in [5, 5.41) is 9.64. The quantitative estimate of drug-likeness (QED) is 0.579. The van der Waals surface area contributed by atoms with Gasteiger partial charge in [0.25, 0.3) is 5.52 Å². The molecule has 0 aromatic carbocycles. The summed E-state index contributed by atoms with van der Waals surface area (Å²) in [6.07, 6.45) is 3.85. The van der Waals surface area contributed by atoms with Crippen LogP contribution in [0, 0.1) is 6.92 Å². The van der Waals surface area contributed by atoms with E-state index < -0.39 is 0 Å². The highest BCUT2D eigenvalue weighted by molar-refractivity contribution is 5.55. The lowest BCUT2D eigenvalue weighted by atomic mass is 10.2. The van der Waals surface area contributed by atoms with Gasteiger partial charge in [0.05, 0.1) is 0 Å². The molecule has 0 saturated carbocycles. The number of nitrogens with zero attached hydrogens (tertiary/aromatic N) is 1. The van der Waals surface area contributed by atoms with E-state index in [9.17, 15) is 5.11 Å². The molecule has 0 spiro atoms. The fourth-order valence-electron chi connectivity index (χ4n) is 1.26. The van der Waals surface area contributed by atoms with Gasteiger partial charge in [0, 0.05) is 23.8 Å². The third-order valence-corrected chi connectivity index (χ3v) is 1.99. The molecule has 2 heteroatoms. The lowest BCUT2D eigenvalue weighted by molar-refractivity contribution is -0.512. The van der Waals surface area contributed by atoms with Crippen LogP contribution in [-0.4, -0.2) is 5.11 Å². The normalized spacial score (nSPS) is 10.4. The molecule has 2 heterocycles. The smallest absolute Gasteiger partial charge is 0.252 e. The average Bonchev–Trinajstić information content (AvgIpc) is 2.12. The summed E-state index contributed by atoms with van der Waals surface area (Å²) in [5.74, 6) is 0.359. The van der Waals surface area contributed by atoms with Gasteiger partial charge < -0.3 is 5.11 Å². The highest BCUT2D eigenvalue weighted by atomic mass is 16.3. The Labute approximate surface area is 70.7 Å².